The van der Waals surface area contributed by atoms with Crippen LogP contribution in [0.15, 0.2) is 17.2 Å². The minimum absolute atomic E-state index is 0.209. The number of hydrogen-bond acceptors (Lipinski definition) is 4. The lowest BCUT2D eigenvalue weighted by Gasteiger charge is -2.00. The summed E-state index contributed by atoms with van der Waals surface area (Å²) in [6.07, 6.45) is 1.58. The van der Waals surface area contributed by atoms with Gasteiger partial charge in [-0.15, -0.1) is 12.6 Å². The lowest BCUT2D eigenvalue weighted by atomic mass is 10.3. The minimum atomic E-state index is -0.542. The first-order valence-corrected chi connectivity index (χ1v) is 4.23. The van der Waals surface area contributed by atoms with Gasteiger partial charge in [-0.3, -0.25) is 0 Å². The molecule has 0 fully saturated rings. The fourth-order valence-corrected chi connectivity index (χ4v) is 1.25. The number of halogens is 1. The van der Waals surface area contributed by atoms with Crippen molar-refractivity contribution in [2.75, 3.05) is 0 Å². The van der Waals surface area contributed by atoms with E-state index in [0.29, 0.717) is 4.90 Å². The van der Waals surface area contributed by atoms with Crippen LogP contribution in [0.3, 0.4) is 0 Å². The molecule has 0 aliphatic rings. The predicted molar refractivity (Wildman–Crippen MR) is 50.6 cm³/mol. The van der Waals surface area contributed by atoms with E-state index in [0.717, 1.165) is 5.56 Å². The lowest BCUT2D eigenvalue weighted by molar-refractivity contribution is 0.0772. The smallest absolute Gasteiger partial charge is 0.369 e. The van der Waals surface area contributed by atoms with Crippen LogP contribution >= 0.6 is 28.9 Å². The van der Waals surface area contributed by atoms with Crippen molar-refractivity contribution in [1.29, 1.82) is 0 Å². The zero-order chi connectivity index (χ0) is 9.14. The van der Waals surface area contributed by atoms with Gasteiger partial charge in [-0.2, -0.15) is 0 Å². The molecule has 1 rings (SSSR count). The monoisotopic (exact) mass is 247 g/mol. The highest BCUT2D eigenvalue weighted by molar-refractivity contribution is 9.06. The molecule has 0 aromatic carbocycles. The van der Waals surface area contributed by atoms with Gasteiger partial charge >= 0.3 is 5.97 Å². The van der Waals surface area contributed by atoms with E-state index in [1.54, 1.807) is 12.3 Å². The summed E-state index contributed by atoms with van der Waals surface area (Å²) in [6.45, 7) is 1.87. The summed E-state index contributed by atoms with van der Waals surface area (Å²) in [7, 11) is 0. The van der Waals surface area contributed by atoms with Crippen LogP contribution in [0.1, 0.15) is 16.1 Å². The number of aromatic nitrogens is 1. The SMILES string of the molecule is Cc1cnc(C(=O)OBr)c(S)c1. The molecule has 0 radical (unpaired) electrons. The third kappa shape index (κ3) is 1.98. The van der Waals surface area contributed by atoms with Gasteiger partial charge in [0.1, 0.15) is 0 Å². The van der Waals surface area contributed by atoms with Crippen LogP contribution in [0, 0.1) is 6.92 Å². The van der Waals surface area contributed by atoms with Crippen molar-refractivity contribution in [2.24, 2.45) is 0 Å². The molecule has 3 nitrogen and oxygen atoms in total. The Morgan fingerprint density at radius 2 is 2.42 bits per heavy atom. The third-order valence-electron chi connectivity index (χ3n) is 1.27. The molecule has 1 heterocycles. The fraction of sp³-hybridized carbons (Fsp3) is 0.143. The minimum Gasteiger partial charge on any atom is -0.379 e. The van der Waals surface area contributed by atoms with Gasteiger partial charge in [0.2, 0.25) is 0 Å². The maximum atomic E-state index is 11.0. The average Bonchev–Trinajstić information content (AvgIpc) is 2.03. The van der Waals surface area contributed by atoms with Crippen molar-refractivity contribution in [1.82, 2.24) is 4.98 Å². The molecule has 0 aliphatic heterocycles. The Hall–Kier alpha value is -0.550. The highest BCUT2D eigenvalue weighted by atomic mass is 79.9. The lowest BCUT2D eigenvalue weighted by Crippen LogP contribution is -2.02. The summed E-state index contributed by atoms with van der Waals surface area (Å²) in [5, 5.41) is 0. The van der Waals surface area contributed by atoms with Crippen LogP contribution in [0.25, 0.3) is 0 Å². The van der Waals surface area contributed by atoms with E-state index in [-0.39, 0.29) is 5.69 Å². The van der Waals surface area contributed by atoms with Crippen LogP contribution in [-0.2, 0) is 3.83 Å². The number of rotatable bonds is 1. The Balaban J connectivity index is 3.09. The van der Waals surface area contributed by atoms with Crippen LogP contribution in [0.2, 0.25) is 0 Å². The fourth-order valence-electron chi connectivity index (χ4n) is 0.748. The standard InChI is InChI=1S/C7H6BrNO2S/c1-4-2-5(12)6(9-3-4)7(10)11-8/h2-3,12H,1H3. The molecule has 0 aliphatic carbocycles. The summed E-state index contributed by atoms with van der Waals surface area (Å²) < 4.78 is 4.32. The van der Waals surface area contributed by atoms with E-state index in [9.17, 15) is 4.79 Å². The molecule has 0 atom stereocenters. The number of nitrogens with zero attached hydrogens (tertiary/aromatic N) is 1. The number of hydrogen-bond donors (Lipinski definition) is 1. The molecule has 0 N–H and O–H groups in total. The zero-order valence-electron chi connectivity index (χ0n) is 6.24. The van der Waals surface area contributed by atoms with E-state index in [1.165, 1.54) is 0 Å². The predicted octanol–water partition coefficient (Wildman–Crippen LogP) is 2.15. The number of carbonyl (C=O) groups excluding carboxylic acids is 1. The second-order valence-electron chi connectivity index (χ2n) is 2.25. The second-order valence-corrected chi connectivity index (χ2v) is 3.05. The quantitative estimate of drug-likeness (QED) is 0.774. The molecule has 1 aromatic heterocycles. The second kappa shape index (κ2) is 3.91. The molecule has 0 spiro atoms. The van der Waals surface area contributed by atoms with Crippen LogP contribution in [0.5, 0.6) is 0 Å². The Morgan fingerprint density at radius 1 is 1.75 bits per heavy atom. The molecule has 0 amide bonds. The van der Waals surface area contributed by atoms with Gasteiger partial charge < -0.3 is 3.83 Å². The summed E-state index contributed by atoms with van der Waals surface area (Å²) >= 11 is 6.66. The van der Waals surface area contributed by atoms with Crippen LogP contribution in [-0.4, -0.2) is 11.0 Å². The zero-order valence-corrected chi connectivity index (χ0v) is 8.72. The third-order valence-corrected chi connectivity index (χ3v) is 1.90. The van der Waals surface area contributed by atoms with Crippen molar-refractivity contribution >= 4 is 34.9 Å². The summed E-state index contributed by atoms with van der Waals surface area (Å²) in [5.41, 5.74) is 1.16. The van der Waals surface area contributed by atoms with Gasteiger partial charge in [-0.25, -0.2) is 9.78 Å². The maximum Gasteiger partial charge on any atom is 0.369 e. The van der Waals surface area contributed by atoms with Gasteiger partial charge in [0, 0.05) is 11.1 Å². The van der Waals surface area contributed by atoms with E-state index in [2.05, 4.69) is 37.7 Å². The van der Waals surface area contributed by atoms with Crippen molar-refractivity contribution in [3.8, 4) is 0 Å². The first kappa shape index (κ1) is 9.54. The van der Waals surface area contributed by atoms with Crippen LogP contribution < -0.4 is 0 Å². The molecule has 64 valence electrons. The number of thiol groups is 1. The van der Waals surface area contributed by atoms with Crippen molar-refractivity contribution < 1.29 is 8.62 Å². The summed E-state index contributed by atoms with van der Waals surface area (Å²) in [4.78, 5) is 15.3. The van der Waals surface area contributed by atoms with E-state index in [4.69, 9.17) is 0 Å². The van der Waals surface area contributed by atoms with Crippen molar-refractivity contribution in [3.63, 3.8) is 0 Å². The largest absolute Gasteiger partial charge is 0.379 e. The van der Waals surface area contributed by atoms with E-state index in [1.807, 2.05) is 6.92 Å². The maximum absolute atomic E-state index is 11.0. The molecular formula is C7H6BrNO2S. The molecule has 12 heavy (non-hydrogen) atoms. The highest BCUT2D eigenvalue weighted by Gasteiger charge is 2.11. The van der Waals surface area contributed by atoms with Crippen molar-refractivity contribution in [2.45, 2.75) is 11.8 Å². The normalized spacial score (nSPS) is 9.58. The number of aryl methyl sites for hydroxylation is 1. The van der Waals surface area contributed by atoms with E-state index >= 15 is 0 Å². The number of carbonyl (C=O) groups is 1. The van der Waals surface area contributed by atoms with Gasteiger partial charge in [0.15, 0.2) is 22.0 Å². The van der Waals surface area contributed by atoms with Gasteiger partial charge in [-0.1, -0.05) is 0 Å². The Morgan fingerprint density at radius 3 is 2.92 bits per heavy atom. The number of pyridine rings is 1. The van der Waals surface area contributed by atoms with Crippen LogP contribution in [0.4, 0.5) is 0 Å². The Kier molecular flexibility index (Phi) is 3.11. The van der Waals surface area contributed by atoms with E-state index < -0.39 is 5.97 Å². The Labute approximate surface area is 84.0 Å². The first-order valence-electron chi connectivity index (χ1n) is 3.13. The summed E-state index contributed by atoms with van der Waals surface area (Å²) in [6, 6.07) is 1.75. The highest BCUT2D eigenvalue weighted by Crippen LogP contribution is 2.14. The average molecular weight is 248 g/mol. The van der Waals surface area contributed by atoms with Gasteiger partial charge in [0.05, 0.1) is 0 Å². The molecular weight excluding hydrogens is 242 g/mol. The van der Waals surface area contributed by atoms with Crippen molar-refractivity contribution in [3.05, 3.63) is 23.5 Å². The molecule has 5 heteroatoms. The topological polar surface area (TPSA) is 39.2 Å². The first-order chi connectivity index (χ1) is 5.65. The summed E-state index contributed by atoms with van der Waals surface area (Å²) in [5.74, 6) is -0.542. The molecule has 0 bridgehead atoms. The molecule has 1 aromatic rings. The molecule has 0 saturated carbocycles. The van der Waals surface area contributed by atoms with Gasteiger partial charge in [0.25, 0.3) is 0 Å². The Bertz CT molecular complexity index is 316. The molecule has 0 unspecified atom stereocenters. The van der Waals surface area contributed by atoms with Gasteiger partial charge in [-0.05, 0) is 18.6 Å². The molecule has 0 saturated heterocycles.